The van der Waals surface area contributed by atoms with E-state index >= 15 is 0 Å². The van der Waals surface area contributed by atoms with E-state index in [1.54, 1.807) is 25.1 Å². The molecule has 0 radical (unpaired) electrons. The van der Waals surface area contributed by atoms with Gasteiger partial charge in [-0.3, -0.25) is 9.59 Å². The van der Waals surface area contributed by atoms with Crippen molar-refractivity contribution in [1.29, 1.82) is 0 Å². The molecule has 0 atom stereocenters. The minimum Gasteiger partial charge on any atom is -0.456 e. The van der Waals surface area contributed by atoms with Crippen LogP contribution in [-0.4, -0.2) is 44.7 Å². The second-order valence-electron chi connectivity index (χ2n) is 7.50. The van der Waals surface area contributed by atoms with Gasteiger partial charge in [0.15, 0.2) is 18.1 Å². The Morgan fingerprint density at radius 3 is 2.59 bits per heavy atom. The van der Waals surface area contributed by atoms with Gasteiger partial charge in [-0.2, -0.15) is 4.72 Å². The number of ketones is 1. The smallest absolute Gasteiger partial charge is 0.321 e. The van der Waals surface area contributed by atoms with Gasteiger partial charge in [0, 0.05) is 28.7 Å². The molecule has 0 unspecified atom stereocenters. The summed E-state index contributed by atoms with van der Waals surface area (Å²) in [7, 11) is -4.25. The first-order valence-corrected chi connectivity index (χ1v) is 11.7. The van der Waals surface area contributed by atoms with Crippen molar-refractivity contribution in [2.45, 2.75) is 18.7 Å². The third kappa shape index (κ3) is 4.66. The highest BCUT2D eigenvalue weighted by Crippen LogP contribution is 2.35. The number of carbonyl (C=O) groups excluding carboxylic acids is 2. The fraction of sp³-hybridized carbons (Fsp3) is 0.217. The van der Waals surface area contributed by atoms with Gasteiger partial charge in [-0.05, 0) is 44.2 Å². The van der Waals surface area contributed by atoms with Gasteiger partial charge in [0.1, 0.15) is 17.3 Å². The molecule has 2 heterocycles. The molecule has 3 aromatic rings. The number of ether oxygens (including phenoxy) is 3. The third-order valence-corrected chi connectivity index (χ3v) is 6.68. The summed E-state index contributed by atoms with van der Waals surface area (Å²) >= 11 is 0. The second kappa shape index (κ2) is 9.27. The number of rotatable bonds is 8. The van der Waals surface area contributed by atoms with Crippen LogP contribution in [-0.2, 0) is 19.6 Å². The molecular weight excluding hydrogens is 467 g/mol. The molecule has 0 bridgehead atoms. The van der Waals surface area contributed by atoms with E-state index in [2.05, 4.69) is 0 Å². The Morgan fingerprint density at radius 1 is 1.09 bits per heavy atom. The van der Waals surface area contributed by atoms with E-state index in [4.69, 9.17) is 14.2 Å². The fourth-order valence-corrected chi connectivity index (χ4v) is 4.68. The highest BCUT2D eigenvalue weighted by molar-refractivity contribution is 7.89. The largest absolute Gasteiger partial charge is 0.456 e. The van der Waals surface area contributed by atoms with E-state index < -0.39 is 45.6 Å². The lowest BCUT2D eigenvalue weighted by atomic mass is 10.1. The van der Waals surface area contributed by atoms with Gasteiger partial charge in [-0.1, -0.05) is 12.1 Å². The molecule has 0 spiro atoms. The molecule has 0 aliphatic carbocycles. The Kier molecular flexibility index (Phi) is 6.40. The Morgan fingerprint density at radius 2 is 1.82 bits per heavy atom. The van der Waals surface area contributed by atoms with Crippen molar-refractivity contribution in [3.05, 3.63) is 71.3 Å². The van der Waals surface area contributed by atoms with E-state index in [1.165, 1.54) is 12.1 Å². The number of sulfonamides is 1. The van der Waals surface area contributed by atoms with Crippen molar-refractivity contribution in [3.63, 3.8) is 0 Å². The van der Waals surface area contributed by atoms with Crippen molar-refractivity contribution in [2.75, 3.05) is 19.9 Å². The summed E-state index contributed by atoms with van der Waals surface area (Å²) in [6, 6.07) is 11.9. The minimum atomic E-state index is -4.25. The number of benzene rings is 2. The maximum Gasteiger partial charge on any atom is 0.321 e. The maximum atomic E-state index is 13.7. The number of hydrogen-bond donors (Lipinski definition) is 1. The van der Waals surface area contributed by atoms with E-state index in [0.29, 0.717) is 22.8 Å². The van der Waals surface area contributed by atoms with Gasteiger partial charge >= 0.3 is 5.97 Å². The molecule has 9 nitrogen and oxygen atoms in total. The molecule has 1 N–H and O–H groups in total. The van der Waals surface area contributed by atoms with Crippen LogP contribution in [0.4, 0.5) is 4.39 Å². The molecule has 1 aliphatic rings. The van der Waals surface area contributed by atoms with Crippen LogP contribution in [0.1, 0.15) is 21.7 Å². The zero-order chi connectivity index (χ0) is 24.5. The number of aromatic nitrogens is 1. The van der Waals surface area contributed by atoms with Crippen LogP contribution < -0.4 is 14.2 Å². The van der Waals surface area contributed by atoms with Gasteiger partial charge in [-0.15, -0.1) is 0 Å². The van der Waals surface area contributed by atoms with Crippen LogP contribution in [0.25, 0.3) is 5.69 Å². The number of nitrogens with zero attached hydrogens (tertiary/aromatic N) is 1. The first-order chi connectivity index (χ1) is 16.2. The number of Topliss-reactive ketones (excluding diaryl/α,β-unsaturated/α-hetero) is 1. The topological polar surface area (TPSA) is 113 Å². The molecule has 2 aromatic carbocycles. The molecule has 0 saturated heterocycles. The molecule has 0 amide bonds. The van der Waals surface area contributed by atoms with E-state index in [1.807, 2.05) is 22.3 Å². The quantitative estimate of drug-likeness (QED) is 0.383. The van der Waals surface area contributed by atoms with Crippen LogP contribution in [0.15, 0.2) is 53.4 Å². The van der Waals surface area contributed by atoms with Gasteiger partial charge in [0.05, 0.1) is 0 Å². The Bertz CT molecular complexity index is 1380. The predicted molar refractivity (Wildman–Crippen MR) is 118 cm³/mol. The van der Waals surface area contributed by atoms with Gasteiger partial charge in [0.25, 0.3) is 0 Å². The molecule has 11 heteroatoms. The highest BCUT2D eigenvalue weighted by atomic mass is 32.2. The summed E-state index contributed by atoms with van der Waals surface area (Å²) < 4.78 is 57.5. The third-order valence-electron chi connectivity index (χ3n) is 5.24. The molecule has 4 rings (SSSR count). The molecule has 178 valence electrons. The Balaban J connectivity index is 1.39. The molecule has 0 fully saturated rings. The summed E-state index contributed by atoms with van der Waals surface area (Å²) in [4.78, 5) is 24.1. The molecule has 34 heavy (non-hydrogen) atoms. The second-order valence-corrected chi connectivity index (χ2v) is 9.23. The van der Waals surface area contributed by atoms with Crippen molar-refractivity contribution >= 4 is 21.8 Å². The first-order valence-electron chi connectivity index (χ1n) is 10.2. The van der Waals surface area contributed by atoms with Gasteiger partial charge in [-0.25, -0.2) is 12.8 Å². The Labute approximate surface area is 195 Å². The van der Waals surface area contributed by atoms with Gasteiger partial charge < -0.3 is 18.8 Å². The van der Waals surface area contributed by atoms with Crippen molar-refractivity contribution in [1.82, 2.24) is 9.29 Å². The van der Waals surface area contributed by atoms with E-state index in [9.17, 15) is 22.4 Å². The van der Waals surface area contributed by atoms with Crippen molar-refractivity contribution in [2.24, 2.45) is 0 Å². The number of halogens is 1. The van der Waals surface area contributed by atoms with E-state index in [0.717, 1.165) is 23.5 Å². The summed E-state index contributed by atoms with van der Waals surface area (Å²) in [5.41, 5.74) is 2.55. The molecule has 1 aromatic heterocycles. The van der Waals surface area contributed by atoms with Crippen LogP contribution in [0.2, 0.25) is 0 Å². The van der Waals surface area contributed by atoms with Gasteiger partial charge in [0.2, 0.25) is 22.6 Å². The maximum absolute atomic E-state index is 13.7. The SMILES string of the molecule is Cc1cc(C(=O)COC(=O)CNS(=O)(=O)c2ccccc2F)c(C)n1-c1ccc2c(c1)OCO2. The highest BCUT2D eigenvalue weighted by Gasteiger charge is 2.22. The zero-order valence-electron chi connectivity index (χ0n) is 18.3. The van der Waals surface area contributed by atoms with Crippen molar-refractivity contribution in [3.8, 4) is 17.2 Å². The zero-order valence-corrected chi connectivity index (χ0v) is 19.1. The van der Waals surface area contributed by atoms with Crippen LogP contribution in [0.3, 0.4) is 0 Å². The summed E-state index contributed by atoms with van der Waals surface area (Å²) in [5.74, 6) is -1.13. The number of nitrogens with one attached hydrogen (secondary N) is 1. The van der Waals surface area contributed by atoms with Crippen molar-refractivity contribution < 1.29 is 36.6 Å². The normalized spacial score (nSPS) is 12.6. The molecular formula is C23H21FN2O7S. The van der Waals surface area contributed by atoms with Crippen LogP contribution in [0.5, 0.6) is 11.5 Å². The van der Waals surface area contributed by atoms with Crippen LogP contribution >= 0.6 is 0 Å². The lowest BCUT2D eigenvalue weighted by Crippen LogP contribution is -2.32. The summed E-state index contributed by atoms with van der Waals surface area (Å²) in [5, 5.41) is 0. The number of fused-ring (bicyclic) bond motifs is 1. The lowest BCUT2D eigenvalue weighted by molar-refractivity contribution is -0.141. The summed E-state index contributed by atoms with van der Waals surface area (Å²) in [6.45, 7) is 2.41. The minimum absolute atomic E-state index is 0.147. The number of esters is 1. The molecule has 0 saturated carbocycles. The number of hydrogen-bond acceptors (Lipinski definition) is 7. The first kappa shape index (κ1) is 23.5. The monoisotopic (exact) mass is 488 g/mol. The predicted octanol–water partition coefficient (Wildman–Crippen LogP) is 2.67. The summed E-state index contributed by atoms with van der Waals surface area (Å²) in [6.07, 6.45) is 0. The number of aryl methyl sites for hydroxylation is 1. The number of carbonyl (C=O) groups is 2. The lowest BCUT2D eigenvalue weighted by Gasteiger charge is -2.11. The van der Waals surface area contributed by atoms with Crippen LogP contribution in [0, 0.1) is 19.7 Å². The Hall–Kier alpha value is -3.70. The van der Waals surface area contributed by atoms with E-state index in [-0.39, 0.29) is 6.79 Å². The standard InChI is InChI=1S/C23H21FN2O7S/c1-14-9-17(15(2)26(14)16-7-8-20-21(10-16)33-13-32-20)19(27)12-31-23(28)11-25-34(29,30)22-6-4-3-5-18(22)24/h3-10,25H,11-13H2,1-2H3. The average molecular weight is 488 g/mol. The average Bonchev–Trinajstić information content (AvgIpc) is 3.39. The fourth-order valence-electron chi connectivity index (χ4n) is 3.64. The molecule has 1 aliphatic heterocycles.